The molecule has 0 bridgehead atoms. The summed E-state index contributed by atoms with van der Waals surface area (Å²) in [6, 6.07) is 2.42. The zero-order valence-corrected chi connectivity index (χ0v) is 14.5. The Morgan fingerprint density at radius 2 is 1.88 bits per heavy atom. The van der Waals surface area contributed by atoms with Gasteiger partial charge in [0, 0.05) is 10.9 Å². The number of thiophene rings is 1. The summed E-state index contributed by atoms with van der Waals surface area (Å²) in [5.41, 5.74) is 0.289. The van der Waals surface area contributed by atoms with Gasteiger partial charge in [-0.1, -0.05) is 0 Å². The van der Waals surface area contributed by atoms with Crippen molar-refractivity contribution >= 4 is 27.5 Å². The minimum Gasteiger partial charge on any atom is -0.451 e. The molecule has 3 aromatic rings. The number of rotatable bonds is 3. The van der Waals surface area contributed by atoms with Crippen LogP contribution in [0.4, 0.5) is 8.78 Å². The normalized spacial score (nSPS) is 12.4. The second kappa shape index (κ2) is 6.36. The lowest BCUT2D eigenvalue weighted by molar-refractivity contribution is 0.0319. The molecule has 0 aliphatic carbocycles. The first-order chi connectivity index (χ1) is 11.8. The SMILES string of the molecule is Cc1sc2nc([C@@H](C)OC(=O)c3cc(F)cc(F)c3)[nH]c(=O)c2c1C. The molecule has 0 amide bonds. The third-order valence-corrected chi connectivity index (χ3v) is 4.93. The minimum atomic E-state index is -0.910. The predicted molar refractivity (Wildman–Crippen MR) is 89.9 cm³/mol. The van der Waals surface area contributed by atoms with Crippen LogP contribution in [0.2, 0.25) is 0 Å². The topological polar surface area (TPSA) is 72.0 Å². The third kappa shape index (κ3) is 3.30. The quantitative estimate of drug-likeness (QED) is 0.718. The summed E-state index contributed by atoms with van der Waals surface area (Å²) < 4.78 is 31.6. The highest BCUT2D eigenvalue weighted by Gasteiger charge is 2.19. The van der Waals surface area contributed by atoms with Crippen molar-refractivity contribution in [3.8, 4) is 0 Å². The summed E-state index contributed by atoms with van der Waals surface area (Å²) in [4.78, 5) is 32.8. The van der Waals surface area contributed by atoms with Crippen molar-refractivity contribution < 1.29 is 18.3 Å². The maximum atomic E-state index is 13.2. The molecule has 0 fully saturated rings. The number of aryl methyl sites for hydroxylation is 2. The number of aromatic nitrogens is 2. The van der Waals surface area contributed by atoms with Gasteiger partial charge in [0.15, 0.2) is 11.9 Å². The predicted octanol–water partition coefficient (Wildman–Crippen LogP) is 3.80. The Balaban J connectivity index is 1.90. The highest BCUT2D eigenvalue weighted by atomic mass is 32.1. The Morgan fingerprint density at radius 3 is 2.52 bits per heavy atom. The molecular formula is C17H14F2N2O3S. The van der Waals surface area contributed by atoms with Gasteiger partial charge >= 0.3 is 5.97 Å². The van der Waals surface area contributed by atoms with E-state index in [0.29, 0.717) is 16.3 Å². The molecule has 0 spiro atoms. The van der Waals surface area contributed by atoms with Gasteiger partial charge in [-0.2, -0.15) is 0 Å². The van der Waals surface area contributed by atoms with E-state index in [2.05, 4.69) is 9.97 Å². The molecule has 8 heteroatoms. The van der Waals surface area contributed by atoms with Crippen molar-refractivity contribution in [2.45, 2.75) is 26.9 Å². The van der Waals surface area contributed by atoms with Crippen LogP contribution in [0.25, 0.3) is 10.2 Å². The fourth-order valence-electron chi connectivity index (χ4n) is 2.42. The number of H-pyrrole nitrogens is 1. The lowest BCUT2D eigenvalue weighted by atomic mass is 10.2. The number of esters is 1. The lowest BCUT2D eigenvalue weighted by Crippen LogP contribution is -2.17. The van der Waals surface area contributed by atoms with Crippen LogP contribution in [0, 0.1) is 25.5 Å². The molecule has 0 saturated carbocycles. The smallest absolute Gasteiger partial charge is 0.339 e. The minimum absolute atomic E-state index is 0.170. The van der Waals surface area contributed by atoms with Crippen molar-refractivity contribution in [3.63, 3.8) is 0 Å². The number of halogens is 2. The Labute approximate surface area is 145 Å². The highest BCUT2D eigenvalue weighted by molar-refractivity contribution is 7.18. The third-order valence-electron chi connectivity index (χ3n) is 3.82. The maximum absolute atomic E-state index is 13.2. The molecule has 0 radical (unpaired) electrons. The van der Waals surface area contributed by atoms with E-state index in [1.165, 1.54) is 18.3 Å². The summed E-state index contributed by atoms with van der Waals surface area (Å²) in [7, 11) is 0. The Bertz CT molecular complexity index is 1020. The Hall–Kier alpha value is -2.61. The van der Waals surface area contributed by atoms with Crippen LogP contribution < -0.4 is 5.56 Å². The van der Waals surface area contributed by atoms with Gasteiger partial charge in [0.05, 0.1) is 10.9 Å². The van der Waals surface area contributed by atoms with Gasteiger partial charge in [0.25, 0.3) is 5.56 Å². The number of hydrogen-bond acceptors (Lipinski definition) is 5. The summed E-state index contributed by atoms with van der Waals surface area (Å²) in [6.07, 6.45) is -0.890. The Morgan fingerprint density at radius 1 is 1.24 bits per heavy atom. The lowest BCUT2D eigenvalue weighted by Gasteiger charge is -2.12. The zero-order valence-electron chi connectivity index (χ0n) is 13.6. The molecule has 0 saturated heterocycles. The number of aromatic amines is 1. The van der Waals surface area contributed by atoms with Gasteiger partial charge in [0.2, 0.25) is 0 Å². The van der Waals surface area contributed by atoms with Gasteiger partial charge in [-0.25, -0.2) is 18.6 Å². The summed E-state index contributed by atoms with van der Waals surface area (Å²) in [5, 5.41) is 0.511. The number of fused-ring (bicyclic) bond motifs is 1. The van der Waals surface area contributed by atoms with E-state index in [4.69, 9.17) is 4.74 Å². The standard InChI is InChI=1S/C17H14F2N2O3S/c1-7-9(3)25-16-13(7)15(22)20-14(21-16)8(2)24-17(23)10-4-11(18)6-12(19)5-10/h4-6,8H,1-3H3,(H,20,21,22)/t8-/m1/s1. The molecule has 2 heterocycles. The van der Waals surface area contributed by atoms with E-state index < -0.39 is 23.7 Å². The molecule has 1 aromatic carbocycles. The van der Waals surface area contributed by atoms with E-state index in [1.54, 1.807) is 0 Å². The van der Waals surface area contributed by atoms with Crippen LogP contribution >= 0.6 is 11.3 Å². The second-order valence-corrected chi connectivity index (χ2v) is 6.82. The van der Waals surface area contributed by atoms with Crippen molar-refractivity contribution in [3.05, 3.63) is 62.0 Å². The second-order valence-electron chi connectivity index (χ2n) is 5.62. The van der Waals surface area contributed by atoms with Crippen molar-refractivity contribution in [1.29, 1.82) is 0 Å². The molecule has 0 aliphatic heterocycles. The molecule has 130 valence electrons. The van der Waals surface area contributed by atoms with Crippen molar-refractivity contribution in [1.82, 2.24) is 9.97 Å². The van der Waals surface area contributed by atoms with E-state index >= 15 is 0 Å². The number of nitrogens with zero attached hydrogens (tertiary/aromatic N) is 1. The van der Waals surface area contributed by atoms with E-state index in [9.17, 15) is 18.4 Å². The summed E-state index contributed by atoms with van der Waals surface area (Å²) >= 11 is 1.37. The summed E-state index contributed by atoms with van der Waals surface area (Å²) in [6.45, 7) is 5.25. The molecule has 2 aromatic heterocycles. The number of ether oxygens (including phenoxy) is 1. The number of benzene rings is 1. The fourth-order valence-corrected chi connectivity index (χ4v) is 3.46. The molecule has 1 N–H and O–H groups in total. The van der Waals surface area contributed by atoms with Crippen LogP contribution in [0.5, 0.6) is 0 Å². The largest absolute Gasteiger partial charge is 0.451 e. The number of carbonyl (C=O) groups is 1. The monoisotopic (exact) mass is 364 g/mol. The first kappa shape index (κ1) is 17.2. The molecular weight excluding hydrogens is 350 g/mol. The first-order valence-corrected chi connectivity index (χ1v) is 8.25. The van der Waals surface area contributed by atoms with E-state index in [-0.39, 0.29) is 16.9 Å². The number of nitrogens with one attached hydrogen (secondary N) is 1. The molecule has 0 unspecified atom stereocenters. The van der Waals surface area contributed by atoms with Gasteiger partial charge in [-0.15, -0.1) is 11.3 Å². The summed E-state index contributed by atoms with van der Waals surface area (Å²) in [5.74, 6) is -2.50. The van der Waals surface area contributed by atoms with Crippen LogP contribution in [0.3, 0.4) is 0 Å². The van der Waals surface area contributed by atoms with Crippen LogP contribution in [0.1, 0.15) is 39.7 Å². The first-order valence-electron chi connectivity index (χ1n) is 7.43. The van der Waals surface area contributed by atoms with Crippen LogP contribution in [-0.2, 0) is 4.74 Å². The molecule has 5 nitrogen and oxygen atoms in total. The Kier molecular flexibility index (Phi) is 4.38. The molecule has 25 heavy (non-hydrogen) atoms. The van der Waals surface area contributed by atoms with Crippen LogP contribution in [-0.4, -0.2) is 15.9 Å². The van der Waals surface area contributed by atoms with E-state index in [1.807, 2.05) is 13.8 Å². The molecule has 1 atom stereocenters. The average Bonchev–Trinajstić information content (AvgIpc) is 2.81. The maximum Gasteiger partial charge on any atom is 0.339 e. The van der Waals surface area contributed by atoms with E-state index in [0.717, 1.165) is 22.6 Å². The molecule has 3 rings (SSSR count). The fraction of sp³-hybridized carbons (Fsp3) is 0.235. The van der Waals surface area contributed by atoms with Gasteiger partial charge < -0.3 is 9.72 Å². The van der Waals surface area contributed by atoms with Crippen molar-refractivity contribution in [2.24, 2.45) is 0 Å². The van der Waals surface area contributed by atoms with Gasteiger partial charge in [-0.3, -0.25) is 4.79 Å². The number of hydrogen-bond donors (Lipinski definition) is 1. The highest BCUT2D eigenvalue weighted by Crippen LogP contribution is 2.27. The molecule has 0 aliphatic rings. The zero-order chi connectivity index (χ0) is 18.3. The van der Waals surface area contributed by atoms with Gasteiger partial charge in [0.1, 0.15) is 16.5 Å². The van der Waals surface area contributed by atoms with Crippen molar-refractivity contribution in [2.75, 3.05) is 0 Å². The van der Waals surface area contributed by atoms with Crippen LogP contribution in [0.15, 0.2) is 23.0 Å². The van der Waals surface area contributed by atoms with Gasteiger partial charge in [-0.05, 0) is 38.5 Å². The number of carbonyl (C=O) groups excluding carboxylic acids is 1. The average molecular weight is 364 g/mol.